The first-order valence-electron chi connectivity index (χ1n) is 9.70. The van der Waals surface area contributed by atoms with Gasteiger partial charge in [0, 0.05) is 28.9 Å². The van der Waals surface area contributed by atoms with Crippen molar-refractivity contribution in [2.45, 2.75) is 57.4 Å². The van der Waals surface area contributed by atoms with Crippen LogP contribution in [0.15, 0.2) is 35.8 Å². The number of carbonyl (C=O) groups is 1. The number of carbonyl (C=O) groups excluding carboxylic acids is 1. The van der Waals surface area contributed by atoms with Crippen molar-refractivity contribution < 1.29 is 9.18 Å². The van der Waals surface area contributed by atoms with Gasteiger partial charge in [-0.3, -0.25) is 9.20 Å². The van der Waals surface area contributed by atoms with E-state index in [2.05, 4.69) is 10.3 Å². The van der Waals surface area contributed by atoms with Gasteiger partial charge < -0.3 is 5.32 Å². The smallest absolute Gasteiger partial charge is 0.226 e. The summed E-state index contributed by atoms with van der Waals surface area (Å²) in [6.45, 7) is 0. The maximum absolute atomic E-state index is 13.1. The molecule has 0 spiro atoms. The number of rotatable bonds is 4. The Labute approximate surface area is 162 Å². The second-order valence-corrected chi connectivity index (χ2v) is 8.14. The van der Waals surface area contributed by atoms with E-state index in [0.29, 0.717) is 12.5 Å². The lowest BCUT2D eigenvalue weighted by Gasteiger charge is -2.20. The van der Waals surface area contributed by atoms with Crippen LogP contribution in [0.1, 0.15) is 50.6 Å². The molecule has 0 aliphatic heterocycles. The molecule has 0 saturated heterocycles. The van der Waals surface area contributed by atoms with Crippen LogP contribution in [0.2, 0.25) is 0 Å². The van der Waals surface area contributed by atoms with Gasteiger partial charge >= 0.3 is 0 Å². The lowest BCUT2D eigenvalue weighted by Crippen LogP contribution is -2.36. The molecule has 2 heterocycles. The number of halogens is 1. The first-order chi connectivity index (χ1) is 13.2. The highest BCUT2D eigenvalue weighted by Gasteiger charge is 2.17. The number of thiazole rings is 1. The Morgan fingerprint density at radius 1 is 1.15 bits per heavy atom. The molecule has 1 aliphatic rings. The Morgan fingerprint density at radius 3 is 2.59 bits per heavy atom. The average molecular weight is 386 g/mol. The molecule has 1 aromatic carbocycles. The molecule has 4 rings (SSSR count). The average Bonchev–Trinajstić information content (AvgIpc) is 3.20. The van der Waals surface area contributed by atoms with Crippen molar-refractivity contribution in [2.75, 3.05) is 0 Å². The zero-order valence-corrected chi connectivity index (χ0v) is 16.1. The van der Waals surface area contributed by atoms with Gasteiger partial charge in [0.15, 0.2) is 4.96 Å². The summed E-state index contributed by atoms with van der Waals surface area (Å²) in [6, 6.07) is 6.63. The largest absolute Gasteiger partial charge is 0.353 e. The molecule has 1 saturated carbocycles. The maximum Gasteiger partial charge on any atom is 0.226 e. The number of hydrogen-bond acceptors (Lipinski definition) is 3. The Balaban J connectivity index is 1.45. The third-order valence-corrected chi connectivity index (χ3v) is 6.12. The molecule has 6 heteroatoms. The Kier molecular flexibility index (Phi) is 5.53. The Morgan fingerprint density at radius 2 is 1.85 bits per heavy atom. The van der Waals surface area contributed by atoms with E-state index in [1.807, 2.05) is 16.0 Å². The van der Waals surface area contributed by atoms with E-state index in [-0.39, 0.29) is 11.7 Å². The molecule has 3 aromatic rings. The summed E-state index contributed by atoms with van der Waals surface area (Å²) in [4.78, 5) is 18.0. The number of nitrogens with one attached hydrogen (secondary N) is 1. The van der Waals surface area contributed by atoms with Crippen LogP contribution in [0.25, 0.3) is 16.2 Å². The number of aromatic nitrogens is 2. The third-order valence-electron chi connectivity index (χ3n) is 5.24. The minimum Gasteiger partial charge on any atom is -0.353 e. The van der Waals surface area contributed by atoms with Gasteiger partial charge in [0.25, 0.3) is 0 Å². The zero-order valence-electron chi connectivity index (χ0n) is 15.3. The molecule has 142 valence electrons. The summed E-state index contributed by atoms with van der Waals surface area (Å²) in [6.07, 6.45) is 10.7. The summed E-state index contributed by atoms with van der Waals surface area (Å²) in [5, 5.41) is 5.22. The van der Waals surface area contributed by atoms with Crippen molar-refractivity contribution in [1.29, 1.82) is 0 Å². The predicted octanol–water partition coefficient (Wildman–Crippen LogP) is 4.97. The molecule has 1 aliphatic carbocycles. The number of fused-ring (bicyclic) bond motifs is 1. The standard InChI is InChI=1S/C21H24FN3OS/c22-16-10-8-15(9-11-16)19-13-25-18(14-27-21(25)24-19)12-20(26)23-17-6-4-2-1-3-5-7-17/h8-11,13-14,17H,1-7,12H2,(H,23,26). The molecular weight excluding hydrogens is 361 g/mol. The van der Waals surface area contributed by atoms with E-state index >= 15 is 0 Å². The fourth-order valence-corrected chi connectivity index (χ4v) is 4.63. The lowest BCUT2D eigenvalue weighted by molar-refractivity contribution is -0.121. The summed E-state index contributed by atoms with van der Waals surface area (Å²) >= 11 is 1.52. The molecule has 27 heavy (non-hydrogen) atoms. The van der Waals surface area contributed by atoms with Crippen molar-refractivity contribution in [3.8, 4) is 11.3 Å². The van der Waals surface area contributed by atoms with E-state index in [4.69, 9.17) is 0 Å². The van der Waals surface area contributed by atoms with Crippen molar-refractivity contribution >= 4 is 22.2 Å². The summed E-state index contributed by atoms with van der Waals surface area (Å²) in [5.74, 6) is -0.177. The van der Waals surface area contributed by atoms with Crippen LogP contribution in [0.4, 0.5) is 4.39 Å². The van der Waals surface area contributed by atoms with E-state index in [0.717, 1.165) is 34.8 Å². The van der Waals surface area contributed by atoms with E-state index < -0.39 is 0 Å². The minimum absolute atomic E-state index is 0.0808. The SMILES string of the molecule is O=C(Cc1csc2nc(-c3ccc(F)cc3)cn12)NC1CCCCCCC1. The van der Waals surface area contributed by atoms with Gasteiger partial charge in [-0.25, -0.2) is 9.37 Å². The quantitative estimate of drug-likeness (QED) is 0.689. The van der Waals surface area contributed by atoms with Gasteiger partial charge in [0.05, 0.1) is 12.1 Å². The highest BCUT2D eigenvalue weighted by molar-refractivity contribution is 7.15. The monoisotopic (exact) mass is 385 g/mol. The molecule has 1 amide bonds. The first kappa shape index (κ1) is 18.2. The fraction of sp³-hybridized carbons (Fsp3) is 0.429. The van der Waals surface area contributed by atoms with Gasteiger partial charge in [-0.2, -0.15) is 0 Å². The van der Waals surface area contributed by atoms with Gasteiger partial charge in [-0.1, -0.05) is 32.1 Å². The second-order valence-electron chi connectivity index (χ2n) is 7.30. The number of amides is 1. The highest BCUT2D eigenvalue weighted by atomic mass is 32.1. The van der Waals surface area contributed by atoms with Gasteiger partial charge in [-0.15, -0.1) is 11.3 Å². The van der Waals surface area contributed by atoms with Gasteiger partial charge in [0.1, 0.15) is 5.82 Å². The molecule has 0 unspecified atom stereocenters. The normalized spacial score (nSPS) is 16.2. The third kappa shape index (κ3) is 4.38. The fourth-order valence-electron chi connectivity index (χ4n) is 3.76. The topological polar surface area (TPSA) is 46.4 Å². The van der Waals surface area contributed by atoms with Crippen molar-refractivity contribution in [1.82, 2.24) is 14.7 Å². The van der Waals surface area contributed by atoms with E-state index in [9.17, 15) is 9.18 Å². The second kappa shape index (κ2) is 8.21. The molecule has 0 atom stereocenters. The van der Waals surface area contributed by atoms with Gasteiger partial charge in [0.2, 0.25) is 5.91 Å². The Hall–Kier alpha value is -2.21. The lowest BCUT2D eigenvalue weighted by atomic mass is 9.96. The number of nitrogens with zero attached hydrogens (tertiary/aromatic N) is 2. The first-order valence-corrected chi connectivity index (χ1v) is 10.6. The molecule has 0 bridgehead atoms. The zero-order chi connectivity index (χ0) is 18.6. The van der Waals surface area contributed by atoms with E-state index in [1.54, 1.807) is 12.1 Å². The van der Waals surface area contributed by atoms with Gasteiger partial charge in [-0.05, 0) is 37.1 Å². The summed E-state index contributed by atoms with van der Waals surface area (Å²) < 4.78 is 15.1. The van der Waals surface area contributed by atoms with Crippen LogP contribution in [0.3, 0.4) is 0 Å². The van der Waals surface area contributed by atoms with E-state index in [1.165, 1.54) is 55.6 Å². The molecule has 4 nitrogen and oxygen atoms in total. The Bertz CT molecular complexity index is 907. The molecule has 0 radical (unpaired) electrons. The molecule has 1 N–H and O–H groups in total. The molecule has 2 aromatic heterocycles. The van der Waals surface area contributed by atoms with Crippen LogP contribution >= 0.6 is 11.3 Å². The maximum atomic E-state index is 13.1. The minimum atomic E-state index is -0.258. The van der Waals surface area contributed by atoms with Crippen molar-refractivity contribution in [2.24, 2.45) is 0 Å². The van der Waals surface area contributed by atoms with Crippen LogP contribution in [-0.4, -0.2) is 21.3 Å². The van der Waals surface area contributed by atoms with Crippen LogP contribution in [0, 0.1) is 5.82 Å². The van der Waals surface area contributed by atoms with Crippen LogP contribution < -0.4 is 5.32 Å². The molecular formula is C21H24FN3OS. The summed E-state index contributed by atoms with van der Waals surface area (Å²) in [7, 11) is 0. The summed E-state index contributed by atoms with van der Waals surface area (Å²) in [5.41, 5.74) is 2.61. The van der Waals surface area contributed by atoms with Crippen LogP contribution in [-0.2, 0) is 11.2 Å². The van der Waals surface area contributed by atoms with Crippen molar-refractivity contribution in [3.05, 3.63) is 47.4 Å². The predicted molar refractivity (Wildman–Crippen MR) is 106 cm³/mol. The highest BCUT2D eigenvalue weighted by Crippen LogP contribution is 2.24. The van der Waals surface area contributed by atoms with Crippen LogP contribution in [0.5, 0.6) is 0 Å². The number of imidazole rings is 1. The number of benzene rings is 1. The molecule has 1 fully saturated rings. The van der Waals surface area contributed by atoms with Crippen molar-refractivity contribution in [3.63, 3.8) is 0 Å². The number of hydrogen-bond donors (Lipinski definition) is 1.